The van der Waals surface area contributed by atoms with Crippen molar-refractivity contribution in [2.75, 3.05) is 11.6 Å². The van der Waals surface area contributed by atoms with E-state index >= 15 is 0 Å². The van der Waals surface area contributed by atoms with E-state index in [0.717, 1.165) is 36.8 Å². The number of urea groups is 1. The number of rotatable bonds is 7. The molecule has 2 amide bonds. The highest BCUT2D eigenvalue weighted by Crippen LogP contribution is 2.29. The number of hydrogen-bond donors (Lipinski definition) is 3. The molecule has 0 heterocycles. The third kappa shape index (κ3) is 5.89. The fourth-order valence-electron chi connectivity index (χ4n) is 4.57. The molecular weight excluding hydrogens is 460 g/mol. The second-order valence-corrected chi connectivity index (χ2v) is 10.9. The summed E-state index contributed by atoms with van der Waals surface area (Å²) < 4.78 is 24.3. The number of nitrogens with zero attached hydrogens (tertiary/aromatic N) is 1. The minimum atomic E-state index is -3.37. The average molecular weight is 491 g/mol. The molecule has 1 fully saturated rings. The number of benzene rings is 3. The largest absolute Gasteiger partial charge is 0.384 e. The van der Waals surface area contributed by atoms with E-state index in [1.807, 2.05) is 35.2 Å². The lowest BCUT2D eigenvalue weighted by atomic mass is 10.1. The maximum absolute atomic E-state index is 13.3. The summed E-state index contributed by atoms with van der Waals surface area (Å²) in [4.78, 5) is 15.5. The fraction of sp³-hybridized carbons (Fsp3) is 0.259. The van der Waals surface area contributed by atoms with Crippen molar-refractivity contribution in [3.8, 4) is 11.1 Å². The van der Waals surface area contributed by atoms with Crippen LogP contribution in [-0.2, 0) is 16.4 Å². The van der Waals surface area contributed by atoms with Crippen LogP contribution in [0.4, 0.5) is 10.5 Å². The summed E-state index contributed by atoms with van der Waals surface area (Å²) in [6.45, 7) is 0.428. The molecule has 0 saturated heterocycles. The van der Waals surface area contributed by atoms with Gasteiger partial charge in [-0.1, -0.05) is 61.4 Å². The van der Waals surface area contributed by atoms with Crippen molar-refractivity contribution < 1.29 is 13.2 Å². The predicted octanol–water partition coefficient (Wildman–Crippen LogP) is 5.02. The van der Waals surface area contributed by atoms with Crippen LogP contribution in [0, 0.1) is 5.41 Å². The number of anilines is 1. The number of nitrogens with two attached hydrogens (primary N) is 1. The molecule has 0 aromatic heterocycles. The van der Waals surface area contributed by atoms with Gasteiger partial charge in [0.2, 0.25) is 0 Å². The molecule has 4 N–H and O–H groups in total. The van der Waals surface area contributed by atoms with Gasteiger partial charge in [0.15, 0.2) is 9.84 Å². The van der Waals surface area contributed by atoms with Gasteiger partial charge in [0, 0.05) is 35.7 Å². The molecule has 0 atom stereocenters. The number of nitrogen functional groups attached to an aromatic ring is 1. The van der Waals surface area contributed by atoms with Crippen LogP contribution in [0.5, 0.6) is 0 Å². The summed E-state index contributed by atoms with van der Waals surface area (Å²) in [7, 11) is -3.37. The Morgan fingerprint density at radius 3 is 2.37 bits per heavy atom. The first-order valence-electron chi connectivity index (χ1n) is 11.6. The lowest BCUT2D eigenvalue weighted by molar-refractivity contribution is 0.184. The first kappa shape index (κ1) is 24.5. The second-order valence-electron chi connectivity index (χ2n) is 8.96. The van der Waals surface area contributed by atoms with Crippen molar-refractivity contribution in [3.05, 3.63) is 83.9 Å². The van der Waals surface area contributed by atoms with Crippen molar-refractivity contribution in [1.82, 2.24) is 4.90 Å². The number of carbonyl (C=O) groups is 1. The van der Waals surface area contributed by atoms with Gasteiger partial charge < -0.3 is 16.0 Å². The summed E-state index contributed by atoms with van der Waals surface area (Å²) >= 11 is 0. The third-order valence-electron chi connectivity index (χ3n) is 6.35. The molecule has 3 aromatic rings. The zero-order chi connectivity index (χ0) is 25.0. The molecule has 0 spiro atoms. The molecule has 1 aliphatic carbocycles. The molecule has 0 aliphatic heterocycles. The van der Waals surface area contributed by atoms with Gasteiger partial charge in [0.1, 0.15) is 5.84 Å². The van der Waals surface area contributed by atoms with Crippen LogP contribution in [0.15, 0.2) is 77.7 Å². The zero-order valence-corrected chi connectivity index (χ0v) is 20.5. The summed E-state index contributed by atoms with van der Waals surface area (Å²) in [6.07, 6.45) is 5.30. The highest BCUT2D eigenvalue weighted by atomic mass is 32.2. The monoisotopic (exact) mass is 490 g/mol. The fourth-order valence-corrected chi connectivity index (χ4v) is 5.48. The van der Waals surface area contributed by atoms with E-state index in [2.05, 4.69) is 5.32 Å². The minimum absolute atomic E-state index is 0.00116. The normalized spacial score (nSPS) is 14.0. The standard InChI is InChI=1S/C27H30N4O3S/c1-35(33,34)25-12-5-4-11-24(25)20-13-15-22(16-14-20)30-27(32)31(23-9-2-3-10-23)18-19-7-6-8-21(17-19)26(28)29/h4-8,11-17,23H,2-3,9-10,18H2,1H3,(H3,28,29)(H,30,32). The molecule has 35 heavy (non-hydrogen) atoms. The molecule has 0 unspecified atom stereocenters. The van der Waals surface area contributed by atoms with Gasteiger partial charge >= 0.3 is 6.03 Å². The highest BCUT2D eigenvalue weighted by molar-refractivity contribution is 7.90. The summed E-state index contributed by atoms with van der Waals surface area (Å²) in [6, 6.07) is 21.5. The lowest BCUT2D eigenvalue weighted by Crippen LogP contribution is -2.41. The molecule has 4 rings (SSSR count). The maximum atomic E-state index is 13.3. The number of carbonyl (C=O) groups excluding carboxylic acids is 1. The third-order valence-corrected chi connectivity index (χ3v) is 7.51. The molecule has 3 aromatic carbocycles. The van der Waals surface area contributed by atoms with Gasteiger partial charge in [-0.05, 0) is 48.2 Å². The molecule has 0 radical (unpaired) electrons. The van der Waals surface area contributed by atoms with Crippen molar-refractivity contribution in [2.45, 2.75) is 43.2 Å². The number of nitrogens with one attached hydrogen (secondary N) is 2. The topological polar surface area (TPSA) is 116 Å². The van der Waals surface area contributed by atoms with Gasteiger partial charge in [0.05, 0.1) is 4.90 Å². The summed E-state index contributed by atoms with van der Waals surface area (Å²) in [5, 5.41) is 10.7. The van der Waals surface area contributed by atoms with E-state index in [0.29, 0.717) is 23.4 Å². The van der Waals surface area contributed by atoms with Crippen LogP contribution >= 0.6 is 0 Å². The average Bonchev–Trinajstić information content (AvgIpc) is 3.37. The summed E-state index contributed by atoms with van der Waals surface area (Å²) in [5.41, 5.74) is 9.23. The van der Waals surface area contributed by atoms with Crippen molar-refractivity contribution in [3.63, 3.8) is 0 Å². The van der Waals surface area contributed by atoms with Crippen LogP contribution in [0.1, 0.15) is 36.8 Å². The van der Waals surface area contributed by atoms with Crippen LogP contribution in [0.25, 0.3) is 11.1 Å². The van der Waals surface area contributed by atoms with Crippen LogP contribution in [0.2, 0.25) is 0 Å². The van der Waals surface area contributed by atoms with E-state index < -0.39 is 9.84 Å². The Morgan fingerprint density at radius 2 is 1.71 bits per heavy atom. The SMILES string of the molecule is CS(=O)(=O)c1ccccc1-c1ccc(NC(=O)N(Cc2cccc(C(=N)N)c2)C2CCCC2)cc1. The van der Waals surface area contributed by atoms with Gasteiger partial charge in [-0.15, -0.1) is 0 Å². The van der Waals surface area contributed by atoms with E-state index in [1.54, 1.807) is 42.5 Å². The molecule has 1 saturated carbocycles. The Morgan fingerprint density at radius 1 is 1.03 bits per heavy atom. The van der Waals surface area contributed by atoms with Crippen molar-refractivity contribution in [2.24, 2.45) is 5.73 Å². The number of amidine groups is 1. The quantitative estimate of drug-likeness (QED) is 0.318. The van der Waals surface area contributed by atoms with Crippen molar-refractivity contribution in [1.29, 1.82) is 5.41 Å². The van der Waals surface area contributed by atoms with Crippen LogP contribution in [-0.4, -0.2) is 37.5 Å². The molecule has 0 bridgehead atoms. The zero-order valence-electron chi connectivity index (χ0n) is 19.7. The first-order valence-corrected chi connectivity index (χ1v) is 13.5. The van der Waals surface area contributed by atoms with Crippen LogP contribution in [0.3, 0.4) is 0 Å². The van der Waals surface area contributed by atoms with Gasteiger partial charge in [-0.3, -0.25) is 5.41 Å². The van der Waals surface area contributed by atoms with Gasteiger partial charge in [0.25, 0.3) is 0 Å². The van der Waals surface area contributed by atoms with E-state index in [1.165, 1.54) is 6.26 Å². The maximum Gasteiger partial charge on any atom is 0.322 e. The lowest BCUT2D eigenvalue weighted by Gasteiger charge is -2.29. The Hall–Kier alpha value is -3.65. The first-order chi connectivity index (χ1) is 16.7. The molecule has 8 heteroatoms. The van der Waals surface area contributed by atoms with E-state index in [9.17, 15) is 13.2 Å². The Labute approximate surface area is 206 Å². The number of hydrogen-bond acceptors (Lipinski definition) is 4. The van der Waals surface area contributed by atoms with Gasteiger partial charge in [-0.25, -0.2) is 13.2 Å². The Bertz CT molecular complexity index is 1330. The van der Waals surface area contributed by atoms with E-state index in [-0.39, 0.29) is 22.8 Å². The minimum Gasteiger partial charge on any atom is -0.384 e. The molecular formula is C27H30N4O3S. The summed E-state index contributed by atoms with van der Waals surface area (Å²) in [5.74, 6) is 0.00116. The van der Waals surface area contributed by atoms with Crippen LogP contribution < -0.4 is 11.1 Å². The molecule has 1 aliphatic rings. The smallest absolute Gasteiger partial charge is 0.322 e. The predicted molar refractivity (Wildman–Crippen MR) is 139 cm³/mol. The number of sulfone groups is 1. The second kappa shape index (κ2) is 10.3. The van der Waals surface area contributed by atoms with Crippen molar-refractivity contribution >= 4 is 27.4 Å². The Balaban J connectivity index is 1.54. The molecule has 182 valence electrons. The number of amides is 2. The van der Waals surface area contributed by atoms with E-state index in [4.69, 9.17) is 11.1 Å². The van der Waals surface area contributed by atoms with Gasteiger partial charge in [-0.2, -0.15) is 0 Å². The Kier molecular flexibility index (Phi) is 7.21. The molecule has 7 nitrogen and oxygen atoms in total. The highest BCUT2D eigenvalue weighted by Gasteiger charge is 2.27.